The van der Waals surface area contributed by atoms with Gasteiger partial charge in [-0.15, -0.1) is 0 Å². The van der Waals surface area contributed by atoms with Crippen LogP contribution in [-0.2, 0) is 28.6 Å². The minimum atomic E-state index is -4.02. The highest BCUT2D eigenvalue weighted by Crippen LogP contribution is 2.26. The molecule has 0 N–H and O–H groups in total. The van der Waals surface area contributed by atoms with Crippen LogP contribution in [0.5, 0.6) is 0 Å². The van der Waals surface area contributed by atoms with Crippen LogP contribution in [0.1, 0.15) is 18.4 Å². The Labute approximate surface area is 152 Å². The van der Waals surface area contributed by atoms with E-state index in [2.05, 4.69) is 0 Å². The standard InChI is InChI=1S/C19H18O6S/c1-14-7-9-16(10-8-14)26(21,22)24-11-17(20)19-13-23-12-18(25-19)15-5-3-2-4-6-15/h2-3,5,7-10,12-13H,4,6,11H2,1H3. The summed E-state index contributed by atoms with van der Waals surface area (Å²) >= 11 is 0. The molecule has 0 saturated carbocycles. The Kier molecular flexibility index (Phi) is 5.39. The number of hydrogen-bond acceptors (Lipinski definition) is 6. The van der Waals surface area contributed by atoms with Crippen LogP contribution in [0.3, 0.4) is 0 Å². The van der Waals surface area contributed by atoms with Crippen molar-refractivity contribution in [3.63, 3.8) is 0 Å². The van der Waals surface area contributed by atoms with E-state index in [1.54, 1.807) is 12.1 Å². The third-order valence-electron chi connectivity index (χ3n) is 3.83. The topological polar surface area (TPSA) is 78.9 Å². The van der Waals surface area contributed by atoms with Crippen LogP contribution in [0.4, 0.5) is 0 Å². The van der Waals surface area contributed by atoms with Crippen LogP contribution in [-0.4, -0.2) is 20.8 Å². The minimum Gasteiger partial charge on any atom is -0.465 e. The quantitative estimate of drug-likeness (QED) is 0.711. The van der Waals surface area contributed by atoms with Gasteiger partial charge < -0.3 is 9.47 Å². The number of Topliss-reactive ketones (excluding diaryl/α,β-unsaturated/α-hetero) is 1. The molecule has 2 aliphatic rings. The van der Waals surface area contributed by atoms with E-state index in [-0.39, 0.29) is 10.7 Å². The SMILES string of the molecule is Cc1ccc(S(=O)(=O)OCC(=O)C2=COC=C(C3=CC=CCC3)O2)cc1. The molecule has 1 aliphatic heterocycles. The zero-order valence-corrected chi connectivity index (χ0v) is 15.0. The minimum absolute atomic E-state index is 0.00887. The van der Waals surface area contributed by atoms with Crippen molar-refractivity contribution in [1.82, 2.24) is 0 Å². The Morgan fingerprint density at radius 1 is 1.19 bits per heavy atom. The molecule has 0 atom stereocenters. The molecule has 6 nitrogen and oxygen atoms in total. The van der Waals surface area contributed by atoms with E-state index in [0.29, 0.717) is 5.76 Å². The average Bonchev–Trinajstić information content (AvgIpc) is 2.67. The van der Waals surface area contributed by atoms with Gasteiger partial charge in [-0.2, -0.15) is 8.42 Å². The summed E-state index contributed by atoms with van der Waals surface area (Å²) < 4.78 is 39.9. The number of benzene rings is 1. The second kappa shape index (κ2) is 7.72. The molecule has 0 amide bonds. The first-order valence-corrected chi connectivity index (χ1v) is 9.45. The first-order chi connectivity index (χ1) is 12.5. The Bertz CT molecular complexity index is 917. The normalized spacial score (nSPS) is 16.7. The van der Waals surface area contributed by atoms with Gasteiger partial charge in [0.2, 0.25) is 11.5 Å². The fourth-order valence-electron chi connectivity index (χ4n) is 2.37. The van der Waals surface area contributed by atoms with Gasteiger partial charge in [-0.05, 0) is 37.5 Å². The van der Waals surface area contributed by atoms with Crippen molar-refractivity contribution < 1.29 is 26.9 Å². The summed E-state index contributed by atoms with van der Waals surface area (Å²) in [6.45, 7) is 1.17. The summed E-state index contributed by atoms with van der Waals surface area (Å²) in [5, 5.41) is 0. The first-order valence-electron chi connectivity index (χ1n) is 8.05. The lowest BCUT2D eigenvalue weighted by Gasteiger charge is -2.18. The van der Waals surface area contributed by atoms with E-state index in [9.17, 15) is 13.2 Å². The summed E-state index contributed by atoms with van der Waals surface area (Å²) in [5.74, 6) is -0.295. The van der Waals surface area contributed by atoms with Gasteiger partial charge >= 0.3 is 0 Å². The van der Waals surface area contributed by atoms with Crippen molar-refractivity contribution in [3.05, 3.63) is 77.7 Å². The maximum absolute atomic E-state index is 12.2. The molecule has 7 heteroatoms. The monoisotopic (exact) mass is 374 g/mol. The Morgan fingerprint density at radius 3 is 2.65 bits per heavy atom. The molecule has 136 valence electrons. The third-order valence-corrected chi connectivity index (χ3v) is 5.11. The summed E-state index contributed by atoms with van der Waals surface area (Å²) in [6, 6.07) is 6.17. The molecule has 26 heavy (non-hydrogen) atoms. The zero-order valence-electron chi connectivity index (χ0n) is 14.2. The summed E-state index contributed by atoms with van der Waals surface area (Å²) in [4.78, 5) is 12.2. The van der Waals surface area contributed by atoms with Crippen molar-refractivity contribution >= 4 is 15.9 Å². The molecular formula is C19H18O6S. The van der Waals surface area contributed by atoms with Crippen molar-refractivity contribution in [3.8, 4) is 0 Å². The Morgan fingerprint density at radius 2 is 1.96 bits per heavy atom. The van der Waals surface area contributed by atoms with Gasteiger partial charge in [-0.25, -0.2) is 0 Å². The number of hydrogen-bond donors (Lipinski definition) is 0. The van der Waals surface area contributed by atoms with Crippen molar-refractivity contribution in [2.24, 2.45) is 0 Å². The van der Waals surface area contributed by atoms with Gasteiger partial charge in [0.15, 0.2) is 5.76 Å². The van der Waals surface area contributed by atoms with Crippen LogP contribution in [0.15, 0.2) is 77.0 Å². The molecule has 1 heterocycles. The van der Waals surface area contributed by atoms with Gasteiger partial charge in [0.05, 0.1) is 4.90 Å². The first kappa shape index (κ1) is 18.2. The van der Waals surface area contributed by atoms with E-state index in [1.165, 1.54) is 18.4 Å². The largest absolute Gasteiger partial charge is 0.465 e. The van der Waals surface area contributed by atoms with Crippen molar-refractivity contribution in [1.29, 1.82) is 0 Å². The van der Waals surface area contributed by atoms with Gasteiger partial charge in [0.25, 0.3) is 10.1 Å². The molecule has 0 radical (unpaired) electrons. The highest BCUT2D eigenvalue weighted by molar-refractivity contribution is 7.86. The molecule has 1 aromatic rings. The number of rotatable bonds is 6. The highest BCUT2D eigenvalue weighted by atomic mass is 32.2. The molecule has 0 bridgehead atoms. The summed E-state index contributed by atoms with van der Waals surface area (Å²) in [6.07, 6.45) is 9.99. The van der Waals surface area contributed by atoms with E-state index in [1.807, 2.05) is 25.2 Å². The van der Waals surface area contributed by atoms with Crippen LogP contribution in [0, 0.1) is 6.92 Å². The van der Waals surface area contributed by atoms with E-state index in [0.717, 1.165) is 30.2 Å². The van der Waals surface area contributed by atoms with E-state index >= 15 is 0 Å². The molecule has 0 spiro atoms. The predicted octanol–water partition coefficient (Wildman–Crippen LogP) is 3.28. The number of ketones is 1. The molecule has 1 aromatic carbocycles. The van der Waals surface area contributed by atoms with Crippen molar-refractivity contribution in [2.45, 2.75) is 24.7 Å². The molecule has 1 aliphatic carbocycles. The predicted molar refractivity (Wildman–Crippen MR) is 94.1 cm³/mol. The summed E-state index contributed by atoms with van der Waals surface area (Å²) in [7, 11) is -4.02. The zero-order chi connectivity index (χ0) is 18.6. The molecule has 0 unspecified atom stereocenters. The van der Waals surface area contributed by atoms with Crippen molar-refractivity contribution in [2.75, 3.05) is 6.61 Å². The van der Waals surface area contributed by atoms with Gasteiger partial charge in [-0.3, -0.25) is 8.98 Å². The fourth-order valence-corrected chi connectivity index (χ4v) is 3.24. The lowest BCUT2D eigenvalue weighted by molar-refractivity contribution is -0.120. The average molecular weight is 374 g/mol. The van der Waals surface area contributed by atoms with Crippen LogP contribution in [0.2, 0.25) is 0 Å². The second-order valence-electron chi connectivity index (χ2n) is 5.81. The lowest BCUT2D eigenvalue weighted by Crippen LogP contribution is -2.19. The van der Waals surface area contributed by atoms with E-state index in [4.69, 9.17) is 13.7 Å². The highest BCUT2D eigenvalue weighted by Gasteiger charge is 2.23. The second-order valence-corrected chi connectivity index (χ2v) is 7.43. The number of allylic oxidation sites excluding steroid dienone is 4. The lowest BCUT2D eigenvalue weighted by atomic mass is 10.0. The van der Waals surface area contributed by atoms with Gasteiger partial charge in [0, 0.05) is 0 Å². The molecule has 0 aromatic heterocycles. The Balaban J connectivity index is 1.61. The van der Waals surface area contributed by atoms with Gasteiger partial charge in [0.1, 0.15) is 19.1 Å². The third kappa shape index (κ3) is 4.30. The Hall–Kier alpha value is -2.64. The summed E-state index contributed by atoms with van der Waals surface area (Å²) in [5.41, 5.74) is 1.82. The molecule has 3 rings (SSSR count). The van der Waals surface area contributed by atoms with Gasteiger partial charge in [-0.1, -0.05) is 35.9 Å². The van der Waals surface area contributed by atoms with E-state index < -0.39 is 22.5 Å². The smallest absolute Gasteiger partial charge is 0.297 e. The maximum Gasteiger partial charge on any atom is 0.297 e. The fraction of sp³-hybridized carbons (Fsp3) is 0.211. The number of carbonyl (C=O) groups excluding carboxylic acids is 1. The van der Waals surface area contributed by atoms with Crippen LogP contribution < -0.4 is 0 Å². The van der Waals surface area contributed by atoms with Crippen LogP contribution in [0.25, 0.3) is 0 Å². The maximum atomic E-state index is 12.2. The number of aryl methyl sites for hydroxylation is 1. The molecule has 0 saturated heterocycles. The molecule has 0 fully saturated rings. The number of ether oxygens (including phenoxy) is 2. The number of carbonyl (C=O) groups is 1. The van der Waals surface area contributed by atoms with Crippen LogP contribution >= 0.6 is 0 Å². The molecular weight excluding hydrogens is 356 g/mol.